The van der Waals surface area contributed by atoms with Crippen molar-refractivity contribution in [2.24, 2.45) is 0 Å². The van der Waals surface area contributed by atoms with Gasteiger partial charge in [-0.15, -0.1) is 5.10 Å². The van der Waals surface area contributed by atoms with E-state index in [1.807, 2.05) is 49.4 Å². The summed E-state index contributed by atoms with van der Waals surface area (Å²) in [5.41, 5.74) is 2.54. The third-order valence-corrected chi connectivity index (χ3v) is 4.39. The Morgan fingerprint density at radius 1 is 1.12 bits per heavy atom. The highest BCUT2D eigenvalue weighted by Gasteiger charge is 2.21. The van der Waals surface area contributed by atoms with Crippen LogP contribution in [-0.4, -0.2) is 36.9 Å². The molecule has 0 aliphatic heterocycles. The van der Waals surface area contributed by atoms with Crippen molar-refractivity contribution in [2.45, 2.75) is 12.2 Å². The third kappa shape index (κ3) is 2.74. The van der Waals surface area contributed by atoms with Crippen LogP contribution in [0, 0.1) is 6.92 Å². The maximum Gasteiger partial charge on any atom is 0.198 e. The Morgan fingerprint density at radius 2 is 1.92 bits per heavy atom. The molecule has 1 atom stereocenters. The van der Waals surface area contributed by atoms with Gasteiger partial charge in [-0.05, 0) is 19.1 Å². The number of methoxy groups -OCH3 is 1. The van der Waals surface area contributed by atoms with Crippen LogP contribution in [0.3, 0.4) is 0 Å². The minimum Gasteiger partial charge on any atom is -0.493 e. The first-order chi connectivity index (χ1) is 12.2. The predicted octanol–water partition coefficient (Wildman–Crippen LogP) is 2.85. The van der Waals surface area contributed by atoms with E-state index in [-0.39, 0.29) is 0 Å². The molecule has 0 aliphatic rings. The van der Waals surface area contributed by atoms with Gasteiger partial charge in [0.2, 0.25) is 0 Å². The van der Waals surface area contributed by atoms with Gasteiger partial charge in [-0.2, -0.15) is 17.7 Å². The normalized spacial score (nSPS) is 12.4. The van der Waals surface area contributed by atoms with Crippen molar-refractivity contribution in [1.29, 1.82) is 0 Å². The Labute approximate surface area is 149 Å². The Balaban J connectivity index is 1.72. The molecule has 7 nitrogen and oxygen atoms in total. The molecule has 3 heterocycles. The van der Waals surface area contributed by atoms with E-state index < -0.39 is 5.25 Å². The second kappa shape index (κ2) is 6.21. The molecule has 25 heavy (non-hydrogen) atoms. The van der Waals surface area contributed by atoms with E-state index in [0.717, 1.165) is 11.3 Å². The largest absolute Gasteiger partial charge is 0.493 e. The van der Waals surface area contributed by atoms with Crippen LogP contribution < -0.4 is 4.74 Å². The number of aryl methyl sites for hydroxylation is 1. The molecule has 126 valence electrons. The number of fused-ring (bicyclic) bond motifs is 1. The maximum absolute atomic E-state index is 5.36. The molecule has 0 aliphatic carbocycles. The molecule has 4 rings (SSSR count). The van der Waals surface area contributed by atoms with Crippen molar-refractivity contribution < 1.29 is 4.74 Å². The fourth-order valence-corrected chi connectivity index (χ4v) is 2.81. The summed E-state index contributed by atoms with van der Waals surface area (Å²) < 4.78 is 7.10. The summed E-state index contributed by atoms with van der Waals surface area (Å²) in [5, 5.41) is 11.3. The number of ether oxygens (including phenoxy) is 1. The lowest BCUT2D eigenvalue weighted by atomic mass is 10.2. The summed E-state index contributed by atoms with van der Waals surface area (Å²) in [6.07, 6.45) is 0. The molecule has 1 unspecified atom stereocenters. The van der Waals surface area contributed by atoms with E-state index in [0.29, 0.717) is 28.9 Å². The van der Waals surface area contributed by atoms with E-state index in [1.165, 1.54) is 0 Å². The monoisotopic (exact) mass is 352 g/mol. The molecular weight excluding hydrogens is 336 g/mol. The van der Waals surface area contributed by atoms with Crippen molar-refractivity contribution in [1.82, 2.24) is 29.8 Å². The molecule has 0 saturated carbocycles. The fourth-order valence-electron chi connectivity index (χ4n) is 2.59. The molecule has 0 spiro atoms. The summed E-state index contributed by atoms with van der Waals surface area (Å²) in [6, 6.07) is 13.6. The molecule has 0 amide bonds. The first-order valence-electron chi connectivity index (χ1n) is 7.73. The average molecular weight is 352 g/mol. The average Bonchev–Trinajstić information content (AvgIpc) is 3.30. The van der Waals surface area contributed by atoms with Crippen LogP contribution >= 0.6 is 12.6 Å². The standard InChI is InChI=1S/C17H16N6OS/c1-10-8-9-12(24-2)17-19-16(22-23(10)17)13(25)15-18-14(20-21-15)11-6-4-3-5-7-11/h3-9,13,25H,1-2H3,(H,18,20,21). The molecule has 0 fully saturated rings. The lowest BCUT2D eigenvalue weighted by Crippen LogP contribution is -2.00. The summed E-state index contributed by atoms with van der Waals surface area (Å²) in [4.78, 5) is 9.09. The Morgan fingerprint density at radius 3 is 2.68 bits per heavy atom. The van der Waals surface area contributed by atoms with E-state index >= 15 is 0 Å². The van der Waals surface area contributed by atoms with Gasteiger partial charge in [0.1, 0.15) is 11.1 Å². The molecule has 4 aromatic rings. The minimum absolute atomic E-state index is 0.422. The molecule has 1 aromatic carbocycles. The van der Waals surface area contributed by atoms with Gasteiger partial charge in [0.05, 0.1) is 7.11 Å². The van der Waals surface area contributed by atoms with Crippen LogP contribution in [0.2, 0.25) is 0 Å². The number of nitrogens with one attached hydrogen (secondary N) is 1. The van der Waals surface area contributed by atoms with Gasteiger partial charge in [-0.3, -0.25) is 5.10 Å². The zero-order valence-corrected chi connectivity index (χ0v) is 14.6. The van der Waals surface area contributed by atoms with Crippen LogP contribution in [0.25, 0.3) is 17.0 Å². The number of aromatic nitrogens is 6. The van der Waals surface area contributed by atoms with E-state index in [9.17, 15) is 0 Å². The summed E-state index contributed by atoms with van der Waals surface area (Å²) in [6.45, 7) is 1.96. The maximum atomic E-state index is 5.36. The van der Waals surface area contributed by atoms with Crippen LogP contribution in [0.1, 0.15) is 22.6 Å². The Bertz CT molecular complexity index is 1030. The minimum atomic E-state index is -0.422. The quantitative estimate of drug-likeness (QED) is 0.552. The lowest BCUT2D eigenvalue weighted by Gasteiger charge is -2.02. The third-order valence-electron chi connectivity index (χ3n) is 3.91. The number of pyridine rings is 1. The van der Waals surface area contributed by atoms with Gasteiger partial charge in [-0.25, -0.2) is 14.5 Å². The van der Waals surface area contributed by atoms with Gasteiger partial charge in [-0.1, -0.05) is 30.3 Å². The zero-order valence-electron chi connectivity index (χ0n) is 13.7. The van der Waals surface area contributed by atoms with Crippen molar-refractivity contribution in [3.05, 3.63) is 59.8 Å². The summed E-state index contributed by atoms with van der Waals surface area (Å²) >= 11 is 4.63. The molecule has 0 saturated heterocycles. The van der Waals surface area contributed by atoms with Gasteiger partial charge in [0, 0.05) is 11.3 Å². The molecule has 3 aromatic heterocycles. The van der Waals surface area contributed by atoms with Crippen LogP contribution in [-0.2, 0) is 0 Å². The highest BCUT2D eigenvalue weighted by Crippen LogP contribution is 2.27. The molecule has 0 radical (unpaired) electrons. The number of H-pyrrole nitrogens is 1. The van der Waals surface area contributed by atoms with Crippen molar-refractivity contribution in [2.75, 3.05) is 7.11 Å². The number of benzene rings is 1. The molecule has 1 N–H and O–H groups in total. The number of hydrogen-bond acceptors (Lipinski definition) is 6. The smallest absolute Gasteiger partial charge is 0.198 e. The van der Waals surface area contributed by atoms with E-state index in [1.54, 1.807) is 11.6 Å². The highest BCUT2D eigenvalue weighted by atomic mass is 32.1. The van der Waals surface area contributed by atoms with Crippen LogP contribution in [0.5, 0.6) is 5.75 Å². The molecule has 8 heteroatoms. The van der Waals surface area contributed by atoms with Crippen LogP contribution in [0.4, 0.5) is 0 Å². The SMILES string of the molecule is COc1ccc(C)n2nc(C(S)c3nc(-c4ccccc4)n[nH]3)nc12. The van der Waals surface area contributed by atoms with Gasteiger partial charge in [0.15, 0.2) is 23.0 Å². The topological polar surface area (TPSA) is 81.0 Å². The number of nitrogens with zero attached hydrogens (tertiary/aromatic N) is 5. The Kier molecular flexibility index (Phi) is 3.89. The predicted molar refractivity (Wildman–Crippen MR) is 96.9 cm³/mol. The zero-order chi connectivity index (χ0) is 17.4. The fraction of sp³-hybridized carbons (Fsp3) is 0.176. The highest BCUT2D eigenvalue weighted by molar-refractivity contribution is 7.80. The lowest BCUT2D eigenvalue weighted by molar-refractivity contribution is 0.416. The van der Waals surface area contributed by atoms with Crippen molar-refractivity contribution in [3.63, 3.8) is 0 Å². The van der Waals surface area contributed by atoms with E-state index in [4.69, 9.17) is 4.74 Å². The van der Waals surface area contributed by atoms with Gasteiger partial charge >= 0.3 is 0 Å². The Hall–Kier alpha value is -2.87. The molecular formula is C17H16N6OS. The second-order valence-electron chi connectivity index (χ2n) is 5.56. The van der Waals surface area contributed by atoms with E-state index in [2.05, 4.69) is 37.9 Å². The van der Waals surface area contributed by atoms with Crippen molar-refractivity contribution in [3.8, 4) is 17.1 Å². The number of rotatable bonds is 4. The summed E-state index contributed by atoms with van der Waals surface area (Å²) in [5.74, 6) is 2.40. The second-order valence-corrected chi connectivity index (χ2v) is 6.08. The number of thiol groups is 1. The van der Waals surface area contributed by atoms with Crippen molar-refractivity contribution >= 4 is 18.3 Å². The summed E-state index contributed by atoms with van der Waals surface area (Å²) in [7, 11) is 1.61. The number of aromatic amines is 1. The molecule has 0 bridgehead atoms. The first kappa shape index (κ1) is 15.6. The first-order valence-corrected chi connectivity index (χ1v) is 8.25. The number of hydrogen-bond donors (Lipinski definition) is 2. The van der Waals surface area contributed by atoms with Crippen LogP contribution in [0.15, 0.2) is 42.5 Å². The van der Waals surface area contributed by atoms with Gasteiger partial charge in [0.25, 0.3) is 0 Å². The van der Waals surface area contributed by atoms with Gasteiger partial charge < -0.3 is 4.74 Å².